The summed E-state index contributed by atoms with van der Waals surface area (Å²) in [7, 11) is 0. The Balaban J connectivity index is 0.00000151. The van der Waals surface area contributed by atoms with Crippen LogP contribution >= 0.6 is 0 Å². The van der Waals surface area contributed by atoms with Crippen molar-refractivity contribution in [3.05, 3.63) is 49.2 Å². The monoisotopic (exact) mass is 339 g/mol. The summed E-state index contributed by atoms with van der Waals surface area (Å²) < 4.78 is 1.78. The summed E-state index contributed by atoms with van der Waals surface area (Å²) in [6.07, 6.45) is 8.79. The van der Waals surface area contributed by atoms with Crippen LogP contribution in [0.25, 0.3) is 18.2 Å². The number of allylic oxidation sites excluding steroid dienone is 1. The van der Waals surface area contributed by atoms with Gasteiger partial charge in [-0.2, -0.15) is 0 Å². The van der Waals surface area contributed by atoms with Gasteiger partial charge in [0.15, 0.2) is 0 Å². The Morgan fingerprint density at radius 3 is 2.20 bits per heavy atom. The van der Waals surface area contributed by atoms with Crippen LogP contribution in [0.2, 0.25) is 0 Å². The first-order chi connectivity index (χ1) is 12.1. The molecule has 1 aliphatic rings. The van der Waals surface area contributed by atoms with Gasteiger partial charge in [0.2, 0.25) is 11.8 Å². The van der Waals surface area contributed by atoms with E-state index in [1.807, 2.05) is 13.8 Å². The molecule has 1 unspecified atom stereocenters. The highest BCUT2D eigenvalue weighted by atomic mass is 16.2. The summed E-state index contributed by atoms with van der Waals surface area (Å²) in [4.78, 5) is 28.1. The molecule has 0 aromatic carbocycles. The summed E-state index contributed by atoms with van der Waals surface area (Å²) in [5.74, 6) is -0.0394. The van der Waals surface area contributed by atoms with Gasteiger partial charge in [0.25, 0.3) is 0 Å². The minimum Gasteiger partial charge on any atom is -0.313 e. The molecule has 1 atom stereocenters. The third-order valence-corrected chi connectivity index (χ3v) is 3.72. The summed E-state index contributed by atoms with van der Waals surface area (Å²) in [6.45, 7) is 19.1. The SMILES string of the molecule is C=C/C=N\c1c(C=C)c(C=C)c(C=C)n1C1CCC(=O)NC1=O.CC. The number of hydrogen-bond acceptors (Lipinski definition) is 3. The number of piperidine rings is 1. The van der Waals surface area contributed by atoms with Crippen molar-refractivity contribution in [2.75, 3.05) is 0 Å². The van der Waals surface area contributed by atoms with Gasteiger partial charge >= 0.3 is 0 Å². The predicted octanol–water partition coefficient (Wildman–Crippen LogP) is 4.31. The maximum Gasteiger partial charge on any atom is 0.249 e. The molecule has 0 radical (unpaired) electrons. The van der Waals surface area contributed by atoms with E-state index in [1.165, 1.54) is 0 Å². The quantitative estimate of drug-likeness (QED) is 0.620. The number of nitrogens with one attached hydrogen (secondary N) is 1. The van der Waals surface area contributed by atoms with Crippen LogP contribution in [-0.4, -0.2) is 22.6 Å². The zero-order chi connectivity index (χ0) is 19.0. The Hall–Kier alpha value is -2.95. The van der Waals surface area contributed by atoms with Crippen LogP contribution in [0, 0.1) is 0 Å². The second kappa shape index (κ2) is 9.37. The van der Waals surface area contributed by atoms with Crippen LogP contribution in [0.3, 0.4) is 0 Å². The lowest BCUT2D eigenvalue weighted by Crippen LogP contribution is -2.41. The second-order valence-corrected chi connectivity index (χ2v) is 5.00. The van der Waals surface area contributed by atoms with E-state index in [9.17, 15) is 9.59 Å². The number of hydrogen-bond donors (Lipinski definition) is 1. The number of nitrogens with zero attached hydrogens (tertiary/aromatic N) is 2. The lowest BCUT2D eigenvalue weighted by atomic mass is 10.1. The van der Waals surface area contributed by atoms with Crippen LogP contribution in [0.5, 0.6) is 0 Å². The molecular formula is C20H25N3O2. The molecular weight excluding hydrogens is 314 g/mol. The van der Waals surface area contributed by atoms with E-state index in [0.717, 1.165) is 16.8 Å². The highest BCUT2D eigenvalue weighted by Crippen LogP contribution is 2.37. The van der Waals surface area contributed by atoms with E-state index in [0.29, 0.717) is 12.2 Å². The topological polar surface area (TPSA) is 63.5 Å². The largest absolute Gasteiger partial charge is 0.313 e. The molecule has 25 heavy (non-hydrogen) atoms. The molecule has 0 bridgehead atoms. The van der Waals surface area contributed by atoms with Crippen LogP contribution in [0.15, 0.2) is 37.4 Å². The van der Waals surface area contributed by atoms with Gasteiger partial charge in [-0.1, -0.05) is 58.4 Å². The maximum atomic E-state index is 12.3. The summed E-state index contributed by atoms with van der Waals surface area (Å²) in [5.41, 5.74) is 2.29. The van der Waals surface area contributed by atoms with E-state index in [4.69, 9.17) is 0 Å². The third-order valence-electron chi connectivity index (χ3n) is 3.72. The van der Waals surface area contributed by atoms with Crippen molar-refractivity contribution >= 4 is 42.1 Å². The average molecular weight is 339 g/mol. The van der Waals surface area contributed by atoms with Gasteiger partial charge < -0.3 is 4.57 Å². The van der Waals surface area contributed by atoms with Gasteiger partial charge in [0, 0.05) is 23.8 Å². The molecule has 0 spiro atoms. The van der Waals surface area contributed by atoms with E-state index in [-0.39, 0.29) is 18.2 Å². The fraction of sp³-hybridized carbons (Fsp3) is 0.250. The summed E-state index contributed by atoms with van der Waals surface area (Å²) in [6, 6.07) is -0.537. The Morgan fingerprint density at radius 1 is 1.08 bits per heavy atom. The molecule has 0 saturated carbocycles. The van der Waals surface area contributed by atoms with Crippen LogP contribution < -0.4 is 5.32 Å². The first-order valence-corrected chi connectivity index (χ1v) is 8.23. The summed E-state index contributed by atoms with van der Waals surface area (Å²) in [5, 5.41) is 2.37. The van der Waals surface area contributed by atoms with Crippen LogP contribution in [0.1, 0.15) is 49.6 Å². The van der Waals surface area contributed by atoms with E-state index in [1.54, 1.807) is 35.1 Å². The van der Waals surface area contributed by atoms with Crippen molar-refractivity contribution < 1.29 is 9.59 Å². The van der Waals surface area contributed by atoms with Gasteiger partial charge in [-0.3, -0.25) is 14.9 Å². The molecule has 2 heterocycles. The molecule has 1 N–H and O–H groups in total. The number of imide groups is 1. The molecule has 1 aromatic heterocycles. The lowest BCUT2D eigenvalue weighted by Gasteiger charge is -2.25. The Kier molecular flexibility index (Phi) is 7.53. The molecule has 1 fully saturated rings. The van der Waals surface area contributed by atoms with Gasteiger partial charge in [0.1, 0.15) is 11.9 Å². The summed E-state index contributed by atoms with van der Waals surface area (Å²) >= 11 is 0. The van der Waals surface area contributed by atoms with Crippen LogP contribution in [0.4, 0.5) is 5.82 Å². The molecule has 1 saturated heterocycles. The van der Waals surface area contributed by atoms with Crippen molar-refractivity contribution in [3.8, 4) is 0 Å². The normalized spacial score (nSPS) is 16.6. The first-order valence-electron chi connectivity index (χ1n) is 8.23. The molecule has 2 amide bonds. The van der Waals surface area contributed by atoms with Crippen LogP contribution in [-0.2, 0) is 9.59 Å². The molecule has 132 valence electrons. The van der Waals surface area contributed by atoms with Crippen molar-refractivity contribution in [1.82, 2.24) is 9.88 Å². The predicted molar refractivity (Wildman–Crippen MR) is 106 cm³/mol. The second-order valence-electron chi connectivity index (χ2n) is 5.00. The zero-order valence-electron chi connectivity index (χ0n) is 14.9. The number of carbonyl (C=O) groups excluding carboxylic acids is 2. The molecule has 0 aliphatic carbocycles. The van der Waals surface area contributed by atoms with Gasteiger partial charge in [-0.15, -0.1) is 0 Å². The molecule has 1 aliphatic heterocycles. The Bertz CT molecular complexity index is 739. The van der Waals surface area contributed by atoms with Crippen molar-refractivity contribution in [3.63, 3.8) is 0 Å². The number of rotatable bonds is 6. The van der Waals surface area contributed by atoms with E-state index < -0.39 is 6.04 Å². The van der Waals surface area contributed by atoms with Crippen molar-refractivity contribution in [1.29, 1.82) is 0 Å². The van der Waals surface area contributed by atoms with E-state index in [2.05, 4.69) is 36.6 Å². The number of aliphatic imine (C=N–C) groups is 1. The molecule has 1 aromatic rings. The zero-order valence-corrected chi connectivity index (χ0v) is 14.9. The number of amides is 2. The Labute approximate surface area is 149 Å². The molecule has 5 nitrogen and oxygen atoms in total. The fourth-order valence-corrected chi connectivity index (χ4v) is 2.76. The highest BCUT2D eigenvalue weighted by Gasteiger charge is 2.32. The lowest BCUT2D eigenvalue weighted by molar-refractivity contribution is -0.135. The number of aromatic nitrogens is 1. The highest BCUT2D eigenvalue weighted by molar-refractivity contribution is 6.00. The van der Waals surface area contributed by atoms with Gasteiger partial charge in [0.05, 0.1) is 5.69 Å². The van der Waals surface area contributed by atoms with Gasteiger partial charge in [-0.25, -0.2) is 4.99 Å². The van der Waals surface area contributed by atoms with Crippen molar-refractivity contribution in [2.45, 2.75) is 32.7 Å². The minimum absolute atomic E-state index is 0.261. The minimum atomic E-state index is -0.537. The fourth-order valence-electron chi connectivity index (χ4n) is 2.76. The average Bonchev–Trinajstić information content (AvgIpc) is 2.93. The Morgan fingerprint density at radius 2 is 1.72 bits per heavy atom. The standard InChI is InChI=1S/C18H19N3O2.C2H6/c1-5-11-19-17-13(7-3)12(6-2)14(8-4)21(17)15-9-10-16(22)20-18(15)23;1-2/h5-8,11,15H,1-4,9-10H2,(H,20,22,23);1-2H3/b19-11-;. The first kappa shape index (κ1) is 20.1. The van der Waals surface area contributed by atoms with E-state index >= 15 is 0 Å². The van der Waals surface area contributed by atoms with Gasteiger partial charge in [-0.05, 0) is 12.5 Å². The maximum absolute atomic E-state index is 12.3. The molecule has 2 rings (SSSR count). The number of carbonyl (C=O) groups is 2. The smallest absolute Gasteiger partial charge is 0.249 e. The van der Waals surface area contributed by atoms with Crippen molar-refractivity contribution in [2.24, 2.45) is 4.99 Å². The third kappa shape index (κ3) is 3.94. The molecule has 5 heteroatoms.